The standard InChI is InChI=1S/C21H20N2O5/c1-26-17-11-19(28-3)18(27-2)10-14(17)12-22-23-21(25)16-9-8-13-6-4-5-7-15(13)20(16)24/h4-12,24H,1-3H3,(H,23,25)/b22-12+. The molecule has 28 heavy (non-hydrogen) atoms. The largest absolute Gasteiger partial charge is 0.506 e. The number of methoxy groups -OCH3 is 3. The van der Waals surface area contributed by atoms with Crippen LogP contribution in [0.25, 0.3) is 10.8 Å². The predicted octanol–water partition coefficient (Wildman–Crippen LogP) is 3.34. The minimum Gasteiger partial charge on any atom is -0.506 e. The molecule has 0 heterocycles. The number of hydrogen-bond donors (Lipinski definition) is 2. The normalized spacial score (nSPS) is 10.8. The molecule has 3 aromatic carbocycles. The van der Waals surface area contributed by atoms with E-state index >= 15 is 0 Å². The van der Waals surface area contributed by atoms with Gasteiger partial charge in [-0.25, -0.2) is 5.43 Å². The number of rotatable bonds is 6. The number of carbonyl (C=O) groups excluding carboxylic acids is 1. The van der Waals surface area contributed by atoms with E-state index in [4.69, 9.17) is 14.2 Å². The van der Waals surface area contributed by atoms with Gasteiger partial charge in [0.1, 0.15) is 11.5 Å². The average Bonchev–Trinajstić information content (AvgIpc) is 2.73. The molecule has 0 atom stereocenters. The van der Waals surface area contributed by atoms with Crippen molar-refractivity contribution in [2.75, 3.05) is 21.3 Å². The summed E-state index contributed by atoms with van der Waals surface area (Å²) in [5, 5.41) is 15.8. The van der Waals surface area contributed by atoms with Crippen LogP contribution in [0.1, 0.15) is 15.9 Å². The van der Waals surface area contributed by atoms with E-state index in [9.17, 15) is 9.90 Å². The van der Waals surface area contributed by atoms with Crippen LogP contribution in [0.2, 0.25) is 0 Å². The molecule has 7 heteroatoms. The molecule has 0 radical (unpaired) electrons. The Labute approximate surface area is 162 Å². The van der Waals surface area contributed by atoms with Gasteiger partial charge in [0.25, 0.3) is 5.91 Å². The summed E-state index contributed by atoms with van der Waals surface area (Å²) in [6.45, 7) is 0. The van der Waals surface area contributed by atoms with Crippen molar-refractivity contribution in [1.82, 2.24) is 5.43 Å². The van der Waals surface area contributed by atoms with Crippen molar-refractivity contribution in [1.29, 1.82) is 0 Å². The molecule has 0 fully saturated rings. The van der Waals surface area contributed by atoms with Crippen molar-refractivity contribution in [3.63, 3.8) is 0 Å². The van der Waals surface area contributed by atoms with Crippen molar-refractivity contribution >= 4 is 22.9 Å². The van der Waals surface area contributed by atoms with E-state index in [1.165, 1.54) is 27.5 Å². The third-order valence-electron chi connectivity index (χ3n) is 4.25. The summed E-state index contributed by atoms with van der Waals surface area (Å²) in [7, 11) is 4.57. The molecule has 0 saturated heterocycles. The molecule has 0 saturated carbocycles. The van der Waals surface area contributed by atoms with Crippen LogP contribution < -0.4 is 19.6 Å². The van der Waals surface area contributed by atoms with Gasteiger partial charge in [0.15, 0.2) is 11.5 Å². The van der Waals surface area contributed by atoms with Crippen LogP contribution in [-0.2, 0) is 0 Å². The number of ether oxygens (including phenoxy) is 3. The molecule has 144 valence electrons. The van der Waals surface area contributed by atoms with Gasteiger partial charge in [-0.1, -0.05) is 30.3 Å². The number of carbonyl (C=O) groups is 1. The first-order valence-electron chi connectivity index (χ1n) is 8.43. The van der Waals surface area contributed by atoms with Crippen LogP contribution in [0, 0.1) is 0 Å². The number of phenols is 1. The van der Waals surface area contributed by atoms with Crippen molar-refractivity contribution in [3.8, 4) is 23.0 Å². The lowest BCUT2D eigenvalue weighted by Crippen LogP contribution is -2.17. The maximum atomic E-state index is 12.4. The molecule has 3 aromatic rings. The maximum absolute atomic E-state index is 12.4. The Balaban J connectivity index is 1.83. The highest BCUT2D eigenvalue weighted by atomic mass is 16.5. The Morgan fingerprint density at radius 2 is 1.64 bits per heavy atom. The minimum absolute atomic E-state index is 0.0884. The summed E-state index contributed by atoms with van der Waals surface area (Å²) in [6.07, 6.45) is 1.43. The average molecular weight is 380 g/mol. The first-order valence-corrected chi connectivity index (χ1v) is 8.43. The van der Waals surface area contributed by atoms with Gasteiger partial charge in [-0.3, -0.25) is 4.79 Å². The zero-order valence-electron chi connectivity index (χ0n) is 15.7. The molecule has 0 aliphatic heterocycles. The van der Waals surface area contributed by atoms with E-state index in [1.807, 2.05) is 12.1 Å². The number of fused-ring (bicyclic) bond motifs is 1. The smallest absolute Gasteiger partial charge is 0.275 e. The Bertz CT molecular complexity index is 1050. The molecule has 3 rings (SSSR count). The Morgan fingerprint density at radius 3 is 2.36 bits per heavy atom. The highest BCUT2D eigenvalue weighted by molar-refractivity contribution is 6.03. The van der Waals surface area contributed by atoms with E-state index < -0.39 is 5.91 Å². The summed E-state index contributed by atoms with van der Waals surface area (Å²) in [5.41, 5.74) is 3.13. The van der Waals surface area contributed by atoms with E-state index in [-0.39, 0.29) is 11.3 Å². The third-order valence-corrected chi connectivity index (χ3v) is 4.25. The number of nitrogens with zero attached hydrogens (tertiary/aromatic N) is 1. The molecule has 7 nitrogen and oxygen atoms in total. The SMILES string of the molecule is COc1cc(OC)c(OC)cc1/C=N/NC(=O)c1ccc2ccccc2c1O. The lowest BCUT2D eigenvalue weighted by Gasteiger charge is -2.11. The maximum Gasteiger partial charge on any atom is 0.275 e. The van der Waals surface area contributed by atoms with Crippen LogP contribution in [0.5, 0.6) is 23.0 Å². The molecule has 0 bridgehead atoms. The van der Waals surface area contributed by atoms with Gasteiger partial charge in [-0.15, -0.1) is 0 Å². The third kappa shape index (κ3) is 3.68. The molecule has 1 amide bonds. The van der Waals surface area contributed by atoms with Crippen LogP contribution >= 0.6 is 0 Å². The summed E-state index contributed by atoms with van der Waals surface area (Å²) in [6, 6.07) is 13.9. The number of nitrogens with one attached hydrogen (secondary N) is 1. The summed E-state index contributed by atoms with van der Waals surface area (Å²) in [4.78, 5) is 12.4. The molecule has 2 N–H and O–H groups in total. The zero-order chi connectivity index (χ0) is 20.1. The van der Waals surface area contributed by atoms with Crippen LogP contribution in [-0.4, -0.2) is 38.6 Å². The molecule has 0 aromatic heterocycles. The number of hydrogen-bond acceptors (Lipinski definition) is 6. The van der Waals surface area contributed by atoms with Crippen molar-refractivity contribution in [2.24, 2.45) is 5.10 Å². The summed E-state index contributed by atoms with van der Waals surface area (Å²) in [5.74, 6) is 0.905. The Morgan fingerprint density at radius 1 is 0.964 bits per heavy atom. The van der Waals surface area contributed by atoms with Gasteiger partial charge in [-0.2, -0.15) is 5.10 Å². The van der Waals surface area contributed by atoms with E-state index in [1.54, 1.807) is 36.4 Å². The number of hydrazone groups is 1. The van der Waals surface area contributed by atoms with E-state index in [2.05, 4.69) is 10.5 Å². The highest BCUT2D eigenvalue weighted by Crippen LogP contribution is 2.33. The fourth-order valence-electron chi connectivity index (χ4n) is 2.81. The van der Waals surface area contributed by atoms with Gasteiger partial charge in [0, 0.05) is 17.0 Å². The second-order valence-electron chi connectivity index (χ2n) is 5.83. The van der Waals surface area contributed by atoms with Gasteiger partial charge in [0.2, 0.25) is 0 Å². The topological polar surface area (TPSA) is 89.4 Å². The van der Waals surface area contributed by atoms with Crippen LogP contribution in [0.4, 0.5) is 0 Å². The molecule has 0 unspecified atom stereocenters. The second-order valence-corrected chi connectivity index (χ2v) is 5.83. The second kappa shape index (κ2) is 8.30. The summed E-state index contributed by atoms with van der Waals surface area (Å²) >= 11 is 0. The fraction of sp³-hybridized carbons (Fsp3) is 0.143. The fourth-order valence-corrected chi connectivity index (χ4v) is 2.81. The number of phenolic OH excluding ortho intramolecular Hbond substituents is 1. The van der Waals surface area contributed by atoms with Gasteiger partial charge < -0.3 is 19.3 Å². The van der Waals surface area contributed by atoms with Crippen LogP contribution in [0.3, 0.4) is 0 Å². The van der Waals surface area contributed by atoms with Gasteiger partial charge in [-0.05, 0) is 17.5 Å². The number of amides is 1. The lowest BCUT2D eigenvalue weighted by molar-refractivity contribution is 0.0952. The van der Waals surface area contributed by atoms with Crippen molar-refractivity contribution in [3.05, 3.63) is 59.7 Å². The molecule has 0 aliphatic rings. The Kier molecular flexibility index (Phi) is 5.64. The van der Waals surface area contributed by atoms with Crippen molar-refractivity contribution < 1.29 is 24.1 Å². The van der Waals surface area contributed by atoms with E-state index in [0.29, 0.717) is 28.2 Å². The summed E-state index contributed by atoms with van der Waals surface area (Å²) < 4.78 is 15.8. The molecular weight excluding hydrogens is 360 g/mol. The van der Waals surface area contributed by atoms with Crippen LogP contribution in [0.15, 0.2) is 53.6 Å². The Hall–Kier alpha value is -3.74. The van der Waals surface area contributed by atoms with Crippen molar-refractivity contribution in [2.45, 2.75) is 0 Å². The number of benzene rings is 3. The monoisotopic (exact) mass is 380 g/mol. The highest BCUT2D eigenvalue weighted by Gasteiger charge is 2.14. The first kappa shape index (κ1) is 19.0. The van der Waals surface area contributed by atoms with E-state index in [0.717, 1.165) is 5.39 Å². The quantitative estimate of drug-likeness (QED) is 0.506. The predicted molar refractivity (Wildman–Crippen MR) is 107 cm³/mol. The first-order chi connectivity index (χ1) is 13.6. The minimum atomic E-state index is -0.529. The van der Waals surface area contributed by atoms with Gasteiger partial charge in [0.05, 0.1) is 33.1 Å². The lowest BCUT2D eigenvalue weighted by atomic mass is 10.1. The zero-order valence-corrected chi connectivity index (χ0v) is 15.7. The number of aromatic hydroxyl groups is 1. The van der Waals surface area contributed by atoms with Gasteiger partial charge >= 0.3 is 0 Å². The molecular formula is C21H20N2O5. The molecule has 0 aliphatic carbocycles. The molecule has 0 spiro atoms.